The van der Waals surface area contributed by atoms with Crippen molar-refractivity contribution in [2.24, 2.45) is 0 Å². The third-order valence-electron chi connectivity index (χ3n) is 2.88. The van der Waals surface area contributed by atoms with Crippen molar-refractivity contribution in [3.63, 3.8) is 0 Å². The smallest absolute Gasteiger partial charge is 0.137 e. The number of rotatable bonds is 3. The molecule has 0 spiro atoms. The van der Waals surface area contributed by atoms with E-state index in [9.17, 15) is 0 Å². The van der Waals surface area contributed by atoms with Crippen LogP contribution in [0, 0.1) is 0 Å². The van der Waals surface area contributed by atoms with E-state index in [1.807, 2.05) is 35.0 Å². The molecule has 0 unspecified atom stereocenters. The van der Waals surface area contributed by atoms with Crippen LogP contribution in [-0.2, 0) is 6.54 Å². The first kappa shape index (κ1) is 13.6. The molecule has 1 aromatic carbocycles. The molecule has 0 aliphatic carbocycles. The highest BCUT2D eigenvalue weighted by Gasteiger charge is 2.07. The molecule has 0 radical (unpaired) electrons. The minimum absolute atomic E-state index is 0.440. The number of aromatic nitrogens is 2. The van der Waals surface area contributed by atoms with Gasteiger partial charge in [0.15, 0.2) is 0 Å². The van der Waals surface area contributed by atoms with E-state index in [-0.39, 0.29) is 0 Å². The lowest BCUT2D eigenvalue weighted by Crippen LogP contribution is -2.00. The van der Waals surface area contributed by atoms with Gasteiger partial charge in [-0.25, -0.2) is 4.98 Å². The van der Waals surface area contributed by atoms with Gasteiger partial charge in [0, 0.05) is 12.4 Å². The van der Waals surface area contributed by atoms with Crippen molar-refractivity contribution >= 4 is 46.1 Å². The first-order valence-corrected chi connectivity index (χ1v) is 7.08. The summed E-state index contributed by atoms with van der Waals surface area (Å²) in [6.45, 7) is 0.555. The summed E-state index contributed by atoms with van der Waals surface area (Å²) in [7, 11) is 0. The molecule has 0 fully saturated rings. The molecule has 1 N–H and O–H groups in total. The Kier molecular flexibility index (Phi) is 3.74. The van der Waals surface area contributed by atoms with Gasteiger partial charge in [-0.2, -0.15) is 0 Å². The van der Waals surface area contributed by atoms with Gasteiger partial charge in [-0.05, 0) is 24.3 Å². The van der Waals surface area contributed by atoms with E-state index < -0.39 is 0 Å². The average Bonchev–Trinajstić information content (AvgIpc) is 2.84. The van der Waals surface area contributed by atoms with Crippen LogP contribution in [0.3, 0.4) is 0 Å². The molecule has 0 bridgehead atoms. The highest BCUT2D eigenvalue weighted by atomic mass is 35.5. The van der Waals surface area contributed by atoms with Crippen LogP contribution in [-0.4, -0.2) is 9.38 Å². The Labute approximate surface area is 131 Å². The van der Waals surface area contributed by atoms with Gasteiger partial charge >= 0.3 is 0 Å². The van der Waals surface area contributed by atoms with Gasteiger partial charge < -0.3 is 9.72 Å². The average molecular weight is 327 g/mol. The lowest BCUT2D eigenvalue weighted by Gasteiger charge is -2.08. The monoisotopic (exact) mass is 325 g/mol. The summed E-state index contributed by atoms with van der Waals surface area (Å²) in [6.07, 6.45) is 3.92. The van der Waals surface area contributed by atoms with Crippen molar-refractivity contribution in [3.8, 4) is 0 Å². The second-order valence-electron chi connectivity index (χ2n) is 4.30. The van der Waals surface area contributed by atoms with Crippen molar-refractivity contribution in [2.45, 2.75) is 6.54 Å². The van der Waals surface area contributed by atoms with Crippen LogP contribution in [0.4, 0.5) is 5.69 Å². The molecule has 102 valence electrons. The van der Waals surface area contributed by atoms with E-state index in [2.05, 4.69) is 10.3 Å². The Morgan fingerprint density at radius 1 is 1.05 bits per heavy atom. The number of anilines is 1. The standard InChI is InChI=1S/C14H10Cl3N3/c15-10-5-12(17)13(6-11(10)16)18-7-9-8-20-4-2-1-3-14(20)19-9/h1-6,8,18H,7H2. The van der Waals surface area contributed by atoms with E-state index in [0.29, 0.717) is 21.6 Å². The van der Waals surface area contributed by atoms with Crippen molar-refractivity contribution < 1.29 is 0 Å². The fourth-order valence-electron chi connectivity index (χ4n) is 1.92. The predicted molar refractivity (Wildman–Crippen MR) is 84.0 cm³/mol. The fourth-order valence-corrected chi connectivity index (χ4v) is 2.53. The molecule has 3 aromatic rings. The lowest BCUT2D eigenvalue weighted by atomic mass is 10.3. The minimum atomic E-state index is 0.440. The number of halogens is 3. The third kappa shape index (κ3) is 2.70. The van der Waals surface area contributed by atoms with Gasteiger partial charge in [-0.1, -0.05) is 40.9 Å². The molecule has 2 aromatic heterocycles. The number of benzene rings is 1. The molecular weight excluding hydrogens is 317 g/mol. The van der Waals surface area contributed by atoms with Gasteiger partial charge in [0.2, 0.25) is 0 Å². The SMILES string of the molecule is Clc1cc(Cl)c(NCc2cn3ccccc3n2)cc1Cl. The Morgan fingerprint density at radius 2 is 1.85 bits per heavy atom. The molecule has 20 heavy (non-hydrogen) atoms. The quantitative estimate of drug-likeness (QED) is 0.693. The number of imidazole rings is 1. The maximum atomic E-state index is 6.12. The molecule has 0 aliphatic rings. The number of nitrogens with one attached hydrogen (secondary N) is 1. The number of hydrogen-bond acceptors (Lipinski definition) is 2. The second kappa shape index (κ2) is 5.52. The van der Waals surface area contributed by atoms with Crippen LogP contribution in [0.2, 0.25) is 15.1 Å². The zero-order valence-corrected chi connectivity index (χ0v) is 12.5. The fraction of sp³-hybridized carbons (Fsp3) is 0.0714. The molecule has 0 saturated carbocycles. The summed E-state index contributed by atoms with van der Waals surface area (Å²) < 4.78 is 1.97. The molecule has 0 saturated heterocycles. The maximum Gasteiger partial charge on any atom is 0.137 e. The predicted octanol–water partition coefficient (Wildman–Crippen LogP) is 4.91. The van der Waals surface area contributed by atoms with Gasteiger partial charge in [0.05, 0.1) is 33.0 Å². The molecule has 3 nitrogen and oxygen atoms in total. The Bertz CT molecular complexity index is 734. The van der Waals surface area contributed by atoms with Crippen LogP contribution in [0.25, 0.3) is 5.65 Å². The first-order chi connectivity index (χ1) is 9.63. The van der Waals surface area contributed by atoms with Gasteiger partial charge in [-0.15, -0.1) is 0 Å². The summed E-state index contributed by atoms with van der Waals surface area (Å²) in [6, 6.07) is 9.20. The zero-order chi connectivity index (χ0) is 14.1. The second-order valence-corrected chi connectivity index (χ2v) is 5.52. The first-order valence-electron chi connectivity index (χ1n) is 5.94. The van der Waals surface area contributed by atoms with Crippen molar-refractivity contribution in [2.75, 3.05) is 5.32 Å². The molecule has 0 aliphatic heterocycles. The van der Waals surface area contributed by atoms with Gasteiger partial charge in [0.1, 0.15) is 5.65 Å². The van der Waals surface area contributed by atoms with E-state index in [1.165, 1.54) is 0 Å². The molecule has 6 heteroatoms. The number of nitrogens with zero attached hydrogens (tertiary/aromatic N) is 2. The van der Waals surface area contributed by atoms with Crippen molar-refractivity contribution in [1.29, 1.82) is 0 Å². The number of pyridine rings is 1. The van der Waals surface area contributed by atoms with E-state index in [4.69, 9.17) is 34.8 Å². The van der Waals surface area contributed by atoms with Crippen molar-refractivity contribution in [1.82, 2.24) is 9.38 Å². The number of fused-ring (bicyclic) bond motifs is 1. The topological polar surface area (TPSA) is 29.3 Å². The van der Waals surface area contributed by atoms with Crippen LogP contribution < -0.4 is 5.32 Å². The molecular formula is C14H10Cl3N3. The normalized spacial score (nSPS) is 10.9. The van der Waals surface area contributed by atoms with Crippen LogP contribution in [0.5, 0.6) is 0 Å². The summed E-state index contributed by atoms with van der Waals surface area (Å²) in [5.74, 6) is 0. The van der Waals surface area contributed by atoms with E-state index in [1.54, 1.807) is 12.1 Å². The van der Waals surface area contributed by atoms with Crippen molar-refractivity contribution in [3.05, 3.63) is 63.5 Å². The minimum Gasteiger partial charge on any atom is -0.378 e. The van der Waals surface area contributed by atoms with Gasteiger partial charge in [0.25, 0.3) is 0 Å². The van der Waals surface area contributed by atoms with E-state index in [0.717, 1.165) is 17.0 Å². The Morgan fingerprint density at radius 3 is 2.65 bits per heavy atom. The molecule has 3 rings (SSSR count). The van der Waals surface area contributed by atoms with Crippen LogP contribution in [0.15, 0.2) is 42.7 Å². The maximum absolute atomic E-state index is 6.12. The highest BCUT2D eigenvalue weighted by molar-refractivity contribution is 6.44. The van der Waals surface area contributed by atoms with Gasteiger partial charge in [-0.3, -0.25) is 0 Å². The highest BCUT2D eigenvalue weighted by Crippen LogP contribution is 2.32. The third-order valence-corrected chi connectivity index (χ3v) is 3.92. The molecule has 2 heterocycles. The van der Waals surface area contributed by atoms with Crippen LogP contribution in [0.1, 0.15) is 5.69 Å². The molecule has 0 atom stereocenters. The van der Waals surface area contributed by atoms with E-state index >= 15 is 0 Å². The summed E-state index contributed by atoms with van der Waals surface area (Å²) in [5.41, 5.74) is 2.56. The molecule has 0 amide bonds. The summed E-state index contributed by atoms with van der Waals surface area (Å²) in [5, 5.41) is 4.64. The lowest BCUT2D eigenvalue weighted by molar-refractivity contribution is 1.08. The van der Waals surface area contributed by atoms with Crippen LogP contribution >= 0.6 is 34.8 Å². The number of hydrogen-bond donors (Lipinski definition) is 1. The summed E-state index contributed by atoms with van der Waals surface area (Å²) >= 11 is 18.0. The Hall–Kier alpha value is -1.42. The zero-order valence-electron chi connectivity index (χ0n) is 10.3. The largest absolute Gasteiger partial charge is 0.378 e. The summed E-state index contributed by atoms with van der Waals surface area (Å²) in [4.78, 5) is 4.50. The Balaban J connectivity index is 1.81.